The summed E-state index contributed by atoms with van der Waals surface area (Å²) >= 11 is 0. The van der Waals surface area contributed by atoms with Crippen LogP contribution in [0.1, 0.15) is 29.8 Å². The van der Waals surface area contributed by atoms with E-state index < -0.39 is 0 Å². The van der Waals surface area contributed by atoms with E-state index in [0.717, 1.165) is 24.5 Å². The van der Waals surface area contributed by atoms with Crippen molar-refractivity contribution in [3.63, 3.8) is 0 Å². The average molecular weight is 282 g/mol. The van der Waals surface area contributed by atoms with Gasteiger partial charge in [-0.3, -0.25) is 0 Å². The molecule has 1 fully saturated rings. The fraction of sp³-hybridized carbons (Fsp3) is 0.375. The summed E-state index contributed by atoms with van der Waals surface area (Å²) in [7, 11) is 1.59. The molecule has 1 aromatic carbocycles. The number of nitriles is 1. The summed E-state index contributed by atoms with van der Waals surface area (Å²) in [5, 5.41) is 12.5. The van der Waals surface area contributed by atoms with Crippen molar-refractivity contribution >= 4 is 0 Å². The predicted molar refractivity (Wildman–Crippen MR) is 78.9 cm³/mol. The van der Waals surface area contributed by atoms with E-state index in [1.165, 1.54) is 12.8 Å². The topological polar surface area (TPSA) is 62.9 Å². The van der Waals surface area contributed by atoms with E-state index in [-0.39, 0.29) is 0 Å². The minimum atomic E-state index is 0.558. The van der Waals surface area contributed by atoms with Gasteiger partial charge in [-0.1, -0.05) is 6.07 Å². The first-order valence-corrected chi connectivity index (χ1v) is 7.10. The van der Waals surface area contributed by atoms with E-state index in [0.29, 0.717) is 17.4 Å². The van der Waals surface area contributed by atoms with Crippen LogP contribution < -0.4 is 10.1 Å². The normalized spacial score (nSPS) is 13.9. The predicted octanol–water partition coefficient (Wildman–Crippen LogP) is 2.06. The summed E-state index contributed by atoms with van der Waals surface area (Å²) in [5.41, 5.74) is 1.65. The Kier molecular flexibility index (Phi) is 3.89. The molecule has 0 atom stereocenters. The molecule has 0 bridgehead atoms. The number of hydrogen-bond acceptors (Lipinski definition) is 4. The zero-order valence-electron chi connectivity index (χ0n) is 12.0. The number of aromatic nitrogens is 2. The fourth-order valence-corrected chi connectivity index (χ4v) is 2.30. The molecule has 0 saturated heterocycles. The maximum atomic E-state index is 9.02. The molecule has 3 rings (SSSR count). The van der Waals surface area contributed by atoms with Crippen LogP contribution >= 0.6 is 0 Å². The van der Waals surface area contributed by atoms with Crippen LogP contribution in [-0.2, 0) is 13.1 Å². The number of rotatable bonds is 6. The number of nitrogens with one attached hydrogen (secondary N) is 1. The molecule has 2 aromatic rings. The first kappa shape index (κ1) is 13.7. The Bertz CT molecular complexity index is 667. The first-order valence-electron chi connectivity index (χ1n) is 7.10. The van der Waals surface area contributed by atoms with Crippen molar-refractivity contribution in [2.45, 2.75) is 32.0 Å². The Morgan fingerprint density at radius 3 is 3.05 bits per heavy atom. The van der Waals surface area contributed by atoms with Gasteiger partial charge in [0, 0.05) is 25.0 Å². The van der Waals surface area contributed by atoms with Crippen molar-refractivity contribution in [2.75, 3.05) is 7.11 Å². The third kappa shape index (κ3) is 3.23. The fourth-order valence-electron chi connectivity index (χ4n) is 2.30. The number of imidazole rings is 1. The zero-order valence-corrected chi connectivity index (χ0v) is 12.0. The maximum Gasteiger partial charge on any atom is 0.136 e. The van der Waals surface area contributed by atoms with Crippen LogP contribution in [0.15, 0.2) is 30.6 Å². The molecule has 1 N–H and O–H groups in total. The summed E-state index contributed by atoms with van der Waals surface area (Å²) < 4.78 is 7.38. The van der Waals surface area contributed by atoms with Crippen molar-refractivity contribution in [3.05, 3.63) is 47.5 Å². The molecule has 1 aliphatic carbocycles. The standard InChI is InChI=1S/C16H18N4O/c1-21-15-8-12(2-3-13(15)9-17)11-20-7-6-18-16(20)10-19-14-4-5-14/h2-3,6-8,14,19H,4-5,10-11H2,1H3. The number of methoxy groups -OCH3 is 1. The summed E-state index contributed by atoms with van der Waals surface area (Å²) in [5.74, 6) is 1.65. The smallest absolute Gasteiger partial charge is 0.136 e. The van der Waals surface area contributed by atoms with Gasteiger partial charge in [-0.2, -0.15) is 5.26 Å². The monoisotopic (exact) mass is 282 g/mol. The zero-order chi connectivity index (χ0) is 14.7. The molecule has 5 nitrogen and oxygen atoms in total. The summed E-state index contributed by atoms with van der Waals surface area (Å²) in [4.78, 5) is 4.41. The van der Waals surface area contributed by atoms with Crippen molar-refractivity contribution in [1.82, 2.24) is 14.9 Å². The molecule has 0 spiro atoms. The van der Waals surface area contributed by atoms with E-state index in [1.807, 2.05) is 24.5 Å². The van der Waals surface area contributed by atoms with Gasteiger partial charge in [0.25, 0.3) is 0 Å². The molecule has 108 valence electrons. The van der Waals surface area contributed by atoms with Crippen LogP contribution in [0.4, 0.5) is 0 Å². The second-order valence-electron chi connectivity index (χ2n) is 5.27. The lowest BCUT2D eigenvalue weighted by Gasteiger charge is -2.10. The minimum absolute atomic E-state index is 0.558. The van der Waals surface area contributed by atoms with Crippen molar-refractivity contribution in [1.29, 1.82) is 5.26 Å². The molecule has 0 aliphatic heterocycles. The summed E-state index contributed by atoms with van der Waals surface area (Å²) in [6.07, 6.45) is 6.35. The van der Waals surface area contributed by atoms with Gasteiger partial charge in [0.1, 0.15) is 17.6 Å². The molecular formula is C16H18N4O. The van der Waals surface area contributed by atoms with Gasteiger partial charge in [0.05, 0.1) is 19.2 Å². The molecular weight excluding hydrogens is 264 g/mol. The Labute approximate surface area is 124 Å². The third-order valence-electron chi connectivity index (χ3n) is 3.67. The Morgan fingerprint density at radius 2 is 2.33 bits per heavy atom. The van der Waals surface area contributed by atoms with Crippen molar-refractivity contribution in [2.24, 2.45) is 0 Å². The van der Waals surface area contributed by atoms with E-state index >= 15 is 0 Å². The quantitative estimate of drug-likeness (QED) is 0.881. The average Bonchev–Trinajstić information content (AvgIpc) is 3.25. The van der Waals surface area contributed by atoms with E-state index in [4.69, 9.17) is 10.00 Å². The van der Waals surface area contributed by atoms with Gasteiger partial charge in [-0.15, -0.1) is 0 Å². The highest BCUT2D eigenvalue weighted by Gasteiger charge is 2.20. The largest absolute Gasteiger partial charge is 0.495 e. The summed E-state index contributed by atoms with van der Waals surface area (Å²) in [6.45, 7) is 1.52. The highest BCUT2D eigenvalue weighted by Crippen LogP contribution is 2.21. The van der Waals surface area contributed by atoms with E-state index in [9.17, 15) is 0 Å². The Balaban J connectivity index is 1.74. The maximum absolute atomic E-state index is 9.02. The SMILES string of the molecule is COc1cc(Cn2ccnc2CNC2CC2)ccc1C#N. The Hall–Kier alpha value is -2.32. The molecule has 1 aliphatic rings. The highest BCUT2D eigenvalue weighted by molar-refractivity contribution is 5.45. The lowest BCUT2D eigenvalue weighted by molar-refractivity contribution is 0.412. The van der Waals surface area contributed by atoms with Crippen LogP contribution in [0.25, 0.3) is 0 Å². The molecule has 0 radical (unpaired) electrons. The molecule has 0 amide bonds. The van der Waals surface area contributed by atoms with Gasteiger partial charge < -0.3 is 14.6 Å². The molecule has 1 saturated carbocycles. The van der Waals surface area contributed by atoms with Crippen molar-refractivity contribution in [3.8, 4) is 11.8 Å². The molecule has 5 heteroatoms. The molecule has 21 heavy (non-hydrogen) atoms. The van der Waals surface area contributed by atoms with Gasteiger partial charge in [0.2, 0.25) is 0 Å². The van der Waals surface area contributed by atoms with E-state index in [2.05, 4.69) is 20.9 Å². The highest BCUT2D eigenvalue weighted by atomic mass is 16.5. The van der Waals surface area contributed by atoms with Crippen LogP contribution in [0, 0.1) is 11.3 Å². The second-order valence-corrected chi connectivity index (χ2v) is 5.27. The second kappa shape index (κ2) is 5.98. The number of nitrogens with zero attached hydrogens (tertiary/aromatic N) is 3. The van der Waals surface area contributed by atoms with Gasteiger partial charge in [-0.25, -0.2) is 4.98 Å². The lowest BCUT2D eigenvalue weighted by Crippen LogP contribution is -2.19. The Morgan fingerprint density at radius 1 is 1.48 bits per heavy atom. The molecule has 0 unspecified atom stereocenters. The van der Waals surface area contributed by atoms with Crippen LogP contribution in [-0.4, -0.2) is 22.7 Å². The van der Waals surface area contributed by atoms with Crippen molar-refractivity contribution < 1.29 is 4.74 Å². The lowest BCUT2D eigenvalue weighted by atomic mass is 10.1. The van der Waals surface area contributed by atoms with Gasteiger partial charge in [0.15, 0.2) is 0 Å². The van der Waals surface area contributed by atoms with Crippen LogP contribution in [0.2, 0.25) is 0 Å². The van der Waals surface area contributed by atoms with Gasteiger partial charge >= 0.3 is 0 Å². The van der Waals surface area contributed by atoms with Crippen LogP contribution in [0.5, 0.6) is 5.75 Å². The third-order valence-corrected chi connectivity index (χ3v) is 3.67. The molecule has 1 heterocycles. The number of ether oxygens (including phenoxy) is 1. The van der Waals surface area contributed by atoms with Gasteiger partial charge in [-0.05, 0) is 30.5 Å². The number of hydrogen-bond donors (Lipinski definition) is 1. The first-order chi connectivity index (χ1) is 10.3. The number of benzene rings is 1. The van der Waals surface area contributed by atoms with Crippen LogP contribution in [0.3, 0.4) is 0 Å². The van der Waals surface area contributed by atoms with E-state index in [1.54, 1.807) is 13.2 Å². The minimum Gasteiger partial charge on any atom is -0.495 e. The molecule has 1 aromatic heterocycles. The summed E-state index contributed by atoms with van der Waals surface area (Å²) in [6, 6.07) is 8.47.